The number of rotatable bonds is 11. The number of amides is 1. The molecule has 0 fully saturated rings. The third kappa shape index (κ3) is 8.10. The van der Waals surface area contributed by atoms with Crippen molar-refractivity contribution in [3.63, 3.8) is 0 Å². The minimum absolute atomic E-state index is 0.134. The summed E-state index contributed by atoms with van der Waals surface area (Å²) in [4.78, 5) is 12.0. The molecule has 28 heavy (non-hydrogen) atoms. The molecule has 0 aliphatic carbocycles. The van der Waals surface area contributed by atoms with E-state index in [4.69, 9.17) is 9.47 Å². The van der Waals surface area contributed by atoms with Crippen LogP contribution >= 0.6 is 0 Å². The Kier molecular flexibility index (Phi) is 8.47. The third-order valence-electron chi connectivity index (χ3n) is 3.76. The van der Waals surface area contributed by atoms with Crippen LogP contribution in [-0.4, -0.2) is 39.3 Å². The summed E-state index contributed by atoms with van der Waals surface area (Å²) < 4.78 is 36.1. The van der Waals surface area contributed by atoms with Crippen LogP contribution in [0, 0.1) is 0 Å². The fourth-order valence-electron chi connectivity index (χ4n) is 2.50. The van der Waals surface area contributed by atoms with E-state index in [2.05, 4.69) is 5.32 Å². The average molecular weight is 406 g/mol. The highest BCUT2D eigenvalue weighted by Gasteiger charge is 2.19. The van der Waals surface area contributed by atoms with Crippen LogP contribution in [0.1, 0.15) is 25.8 Å². The van der Waals surface area contributed by atoms with Gasteiger partial charge in [0, 0.05) is 18.7 Å². The van der Waals surface area contributed by atoms with E-state index in [-0.39, 0.29) is 11.9 Å². The number of carbonyl (C=O) groups is 1. The van der Waals surface area contributed by atoms with Crippen LogP contribution in [0.25, 0.3) is 0 Å². The van der Waals surface area contributed by atoms with Crippen molar-refractivity contribution in [3.8, 4) is 11.5 Å². The van der Waals surface area contributed by atoms with E-state index in [0.29, 0.717) is 36.6 Å². The van der Waals surface area contributed by atoms with Crippen LogP contribution in [-0.2, 0) is 25.1 Å². The molecule has 152 valence electrons. The van der Waals surface area contributed by atoms with Gasteiger partial charge in [0.15, 0.2) is 9.84 Å². The summed E-state index contributed by atoms with van der Waals surface area (Å²) in [5.41, 5.74) is 0.518. The molecular formula is C21H27NO5S. The first kappa shape index (κ1) is 21.9. The zero-order valence-electron chi connectivity index (χ0n) is 16.3. The first-order valence-electron chi connectivity index (χ1n) is 9.25. The van der Waals surface area contributed by atoms with E-state index >= 15 is 0 Å². The van der Waals surface area contributed by atoms with Crippen molar-refractivity contribution in [1.82, 2.24) is 5.32 Å². The molecule has 0 aliphatic heterocycles. The molecular weight excluding hydrogens is 378 g/mol. The average Bonchev–Trinajstić information content (AvgIpc) is 2.63. The van der Waals surface area contributed by atoms with Gasteiger partial charge in [-0.1, -0.05) is 36.4 Å². The van der Waals surface area contributed by atoms with Gasteiger partial charge in [0.25, 0.3) is 0 Å². The van der Waals surface area contributed by atoms with Gasteiger partial charge in [0.2, 0.25) is 5.91 Å². The summed E-state index contributed by atoms with van der Waals surface area (Å²) in [5, 5.41) is 2.62. The van der Waals surface area contributed by atoms with Crippen LogP contribution in [0.4, 0.5) is 0 Å². The van der Waals surface area contributed by atoms with Crippen LogP contribution in [0.3, 0.4) is 0 Å². The molecule has 0 spiro atoms. The van der Waals surface area contributed by atoms with Crippen LogP contribution in [0.5, 0.6) is 11.5 Å². The van der Waals surface area contributed by atoms with Gasteiger partial charge in [0.1, 0.15) is 17.3 Å². The molecule has 0 saturated heterocycles. The van der Waals surface area contributed by atoms with Crippen LogP contribution < -0.4 is 10.1 Å². The van der Waals surface area contributed by atoms with E-state index in [1.165, 1.54) is 0 Å². The van der Waals surface area contributed by atoms with Crippen molar-refractivity contribution >= 4 is 15.7 Å². The number of carbonyl (C=O) groups excluding carboxylic acids is 1. The Bertz CT molecular complexity index is 850. The smallest absolute Gasteiger partial charge is 0.235 e. The molecule has 0 heterocycles. The lowest BCUT2D eigenvalue weighted by Crippen LogP contribution is -2.32. The maximum atomic E-state index is 12.5. The molecule has 0 unspecified atom stereocenters. The van der Waals surface area contributed by atoms with Crippen molar-refractivity contribution in [2.45, 2.75) is 32.1 Å². The molecule has 0 aliphatic rings. The number of ether oxygens (including phenoxy) is 2. The van der Waals surface area contributed by atoms with Crippen molar-refractivity contribution < 1.29 is 22.7 Å². The summed E-state index contributed by atoms with van der Waals surface area (Å²) in [6.07, 6.45) is 0.770. The van der Waals surface area contributed by atoms with Crippen LogP contribution in [0.15, 0.2) is 54.6 Å². The monoisotopic (exact) mass is 405 g/mol. The van der Waals surface area contributed by atoms with Crippen molar-refractivity contribution in [3.05, 3.63) is 60.2 Å². The molecule has 2 aromatic rings. The molecule has 0 saturated carbocycles. The SMILES string of the molecule is CC(C)OCCCNC(=O)CS(=O)(=O)Cc1ccccc1Oc1ccccc1. The van der Waals surface area contributed by atoms with Crippen molar-refractivity contribution in [2.24, 2.45) is 0 Å². The van der Waals surface area contributed by atoms with E-state index in [9.17, 15) is 13.2 Å². The summed E-state index contributed by atoms with van der Waals surface area (Å²) in [5.74, 6) is -0.249. The number of hydrogen-bond donors (Lipinski definition) is 1. The minimum Gasteiger partial charge on any atom is -0.457 e. The molecule has 0 radical (unpaired) electrons. The van der Waals surface area contributed by atoms with Gasteiger partial charge < -0.3 is 14.8 Å². The summed E-state index contributed by atoms with van der Waals surface area (Å²) in [7, 11) is -3.63. The molecule has 2 aromatic carbocycles. The predicted octanol–water partition coefficient (Wildman–Crippen LogP) is 3.33. The van der Waals surface area contributed by atoms with Gasteiger partial charge in [-0.25, -0.2) is 8.42 Å². The first-order chi connectivity index (χ1) is 13.4. The molecule has 1 N–H and O–H groups in total. The number of hydrogen-bond acceptors (Lipinski definition) is 5. The van der Waals surface area contributed by atoms with Crippen molar-refractivity contribution in [1.29, 1.82) is 0 Å². The van der Waals surface area contributed by atoms with Gasteiger partial charge in [-0.3, -0.25) is 4.79 Å². The fraction of sp³-hybridized carbons (Fsp3) is 0.381. The molecule has 6 nitrogen and oxygen atoms in total. The highest BCUT2D eigenvalue weighted by molar-refractivity contribution is 7.91. The Morgan fingerprint density at radius 3 is 2.43 bits per heavy atom. The number of nitrogens with one attached hydrogen (secondary N) is 1. The Labute approximate surface area is 166 Å². The molecule has 2 rings (SSSR count). The lowest BCUT2D eigenvalue weighted by Gasteiger charge is -2.12. The van der Waals surface area contributed by atoms with Gasteiger partial charge >= 0.3 is 0 Å². The van der Waals surface area contributed by atoms with Crippen molar-refractivity contribution in [2.75, 3.05) is 18.9 Å². The van der Waals surface area contributed by atoms with E-state index in [1.807, 2.05) is 32.0 Å². The number of sulfone groups is 1. The van der Waals surface area contributed by atoms with Crippen LogP contribution in [0.2, 0.25) is 0 Å². The topological polar surface area (TPSA) is 81.7 Å². The first-order valence-corrected chi connectivity index (χ1v) is 11.1. The third-order valence-corrected chi connectivity index (χ3v) is 5.22. The zero-order chi connectivity index (χ0) is 20.4. The Morgan fingerprint density at radius 1 is 1.04 bits per heavy atom. The van der Waals surface area contributed by atoms with Gasteiger partial charge in [-0.2, -0.15) is 0 Å². The summed E-state index contributed by atoms with van der Waals surface area (Å²) in [6, 6.07) is 16.1. The highest BCUT2D eigenvalue weighted by Crippen LogP contribution is 2.26. The second-order valence-electron chi connectivity index (χ2n) is 6.68. The summed E-state index contributed by atoms with van der Waals surface area (Å²) in [6.45, 7) is 4.78. The molecule has 0 bridgehead atoms. The Hall–Kier alpha value is -2.38. The number of para-hydroxylation sites is 2. The second-order valence-corrected chi connectivity index (χ2v) is 8.74. The lowest BCUT2D eigenvalue weighted by atomic mass is 10.2. The largest absolute Gasteiger partial charge is 0.457 e. The molecule has 7 heteroatoms. The predicted molar refractivity (Wildman–Crippen MR) is 109 cm³/mol. The van der Waals surface area contributed by atoms with E-state index in [1.54, 1.807) is 36.4 Å². The standard InChI is InChI=1S/C21H27NO5S/c1-17(2)26-14-8-13-22-21(23)16-28(24,25)15-18-9-6-7-12-20(18)27-19-10-4-3-5-11-19/h3-7,9-12,17H,8,13-16H2,1-2H3,(H,22,23). The maximum Gasteiger partial charge on any atom is 0.235 e. The highest BCUT2D eigenvalue weighted by atomic mass is 32.2. The van der Waals surface area contributed by atoms with Gasteiger partial charge in [-0.05, 0) is 38.5 Å². The Morgan fingerprint density at radius 2 is 1.71 bits per heavy atom. The maximum absolute atomic E-state index is 12.5. The second kappa shape index (κ2) is 10.8. The normalized spacial score (nSPS) is 11.4. The molecule has 1 amide bonds. The number of benzene rings is 2. The minimum atomic E-state index is -3.63. The quantitative estimate of drug-likeness (QED) is 0.580. The van der Waals surface area contributed by atoms with E-state index in [0.717, 1.165) is 0 Å². The van der Waals surface area contributed by atoms with Gasteiger partial charge in [-0.15, -0.1) is 0 Å². The summed E-state index contributed by atoms with van der Waals surface area (Å²) >= 11 is 0. The lowest BCUT2D eigenvalue weighted by molar-refractivity contribution is -0.118. The fourth-order valence-corrected chi connectivity index (χ4v) is 3.81. The molecule has 0 atom stereocenters. The Balaban J connectivity index is 1.90. The van der Waals surface area contributed by atoms with E-state index < -0.39 is 21.5 Å². The van der Waals surface area contributed by atoms with Gasteiger partial charge in [0.05, 0.1) is 11.9 Å². The zero-order valence-corrected chi connectivity index (χ0v) is 17.1. The molecule has 0 aromatic heterocycles.